The van der Waals surface area contributed by atoms with Crippen molar-refractivity contribution in [1.82, 2.24) is 10.6 Å². The minimum atomic E-state index is -3.22. The summed E-state index contributed by atoms with van der Waals surface area (Å²) in [5.41, 5.74) is 2.99. The molecular weight excluding hydrogens is 416 g/mol. The van der Waals surface area contributed by atoms with E-state index in [1.165, 1.54) is 6.26 Å². The summed E-state index contributed by atoms with van der Waals surface area (Å²) < 4.78 is 28.9. The van der Waals surface area contributed by atoms with Crippen LogP contribution in [0, 0.1) is 5.92 Å². The van der Waals surface area contributed by atoms with Gasteiger partial charge in [-0.15, -0.1) is 0 Å². The van der Waals surface area contributed by atoms with Gasteiger partial charge in [0.15, 0.2) is 9.84 Å². The number of nitrogens with one attached hydrogen (secondary N) is 2. The SMILES string of the molecule is COc1ccc(-c2ccc(S(C)(=O)=O)cc2)cc1CNC1CCC(CNC(=O)O)CC1. The van der Waals surface area contributed by atoms with Crippen molar-refractivity contribution in [2.75, 3.05) is 19.9 Å². The predicted octanol–water partition coefficient (Wildman–Crippen LogP) is 3.68. The van der Waals surface area contributed by atoms with Crippen LogP contribution >= 0.6 is 0 Å². The van der Waals surface area contributed by atoms with E-state index in [0.717, 1.165) is 48.1 Å². The van der Waals surface area contributed by atoms with Crippen molar-refractivity contribution in [3.8, 4) is 16.9 Å². The van der Waals surface area contributed by atoms with E-state index >= 15 is 0 Å². The maximum atomic E-state index is 11.7. The second-order valence-electron chi connectivity index (χ2n) is 8.11. The minimum Gasteiger partial charge on any atom is -0.496 e. The third-order valence-corrected chi connectivity index (χ3v) is 6.99. The average Bonchev–Trinajstić information content (AvgIpc) is 2.76. The zero-order chi connectivity index (χ0) is 22.4. The molecule has 0 bridgehead atoms. The second-order valence-corrected chi connectivity index (χ2v) is 10.1. The number of carbonyl (C=O) groups is 1. The summed E-state index contributed by atoms with van der Waals surface area (Å²) in [5.74, 6) is 1.21. The Morgan fingerprint density at radius 1 is 1.06 bits per heavy atom. The molecule has 31 heavy (non-hydrogen) atoms. The van der Waals surface area contributed by atoms with Crippen LogP contribution in [0.1, 0.15) is 31.2 Å². The molecule has 3 N–H and O–H groups in total. The Balaban J connectivity index is 1.63. The van der Waals surface area contributed by atoms with Crippen LogP contribution in [0.4, 0.5) is 4.79 Å². The van der Waals surface area contributed by atoms with Gasteiger partial charge in [0.05, 0.1) is 12.0 Å². The van der Waals surface area contributed by atoms with E-state index in [-0.39, 0.29) is 0 Å². The summed E-state index contributed by atoms with van der Waals surface area (Å²) in [4.78, 5) is 11.0. The highest BCUT2D eigenvalue weighted by atomic mass is 32.2. The number of hydrogen-bond acceptors (Lipinski definition) is 5. The van der Waals surface area contributed by atoms with Gasteiger partial charge in [-0.05, 0) is 67.0 Å². The fourth-order valence-electron chi connectivity index (χ4n) is 4.05. The minimum absolute atomic E-state index is 0.306. The number of rotatable bonds is 8. The van der Waals surface area contributed by atoms with E-state index in [4.69, 9.17) is 9.84 Å². The molecule has 1 aliphatic rings. The predicted molar refractivity (Wildman–Crippen MR) is 120 cm³/mol. The number of amides is 1. The van der Waals surface area contributed by atoms with Crippen LogP contribution in [-0.4, -0.2) is 45.6 Å². The first kappa shape index (κ1) is 23.1. The van der Waals surface area contributed by atoms with E-state index in [2.05, 4.69) is 16.7 Å². The highest BCUT2D eigenvalue weighted by molar-refractivity contribution is 7.90. The van der Waals surface area contributed by atoms with Crippen LogP contribution in [0.15, 0.2) is 47.4 Å². The summed E-state index contributed by atoms with van der Waals surface area (Å²) in [6.45, 7) is 1.19. The molecule has 1 amide bonds. The van der Waals surface area contributed by atoms with E-state index in [0.29, 0.717) is 29.9 Å². The Bertz CT molecular complexity index is 997. The topological polar surface area (TPSA) is 105 Å². The molecule has 1 fully saturated rings. The third-order valence-electron chi connectivity index (χ3n) is 5.87. The lowest BCUT2D eigenvalue weighted by molar-refractivity contribution is 0.189. The molecule has 7 nitrogen and oxygen atoms in total. The zero-order valence-electron chi connectivity index (χ0n) is 17.9. The maximum Gasteiger partial charge on any atom is 0.404 e. The first-order valence-corrected chi connectivity index (χ1v) is 12.3. The van der Waals surface area contributed by atoms with E-state index in [1.54, 1.807) is 19.2 Å². The second kappa shape index (κ2) is 10.2. The van der Waals surface area contributed by atoms with Crippen molar-refractivity contribution in [2.45, 2.75) is 43.2 Å². The number of ether oxygens (including phenoxy) is 1. The van der Waals surface area contributed by atoms with Crippen molar-refractivity contribution in [1.29, 1.82) is 0 Å². The van der Waals surface area contributed by atoms with Crippen LogP contribution < -0.4 is 15.4 Å². The fraction of sp³-hybridized carbons (Fsp3) is 0.435. The molecule has 0 unspecified atom stereocenters. The molecule has 2 aromatic rings. The molecule has 1 saturated carbocycles. The summed E-state index contributed by atoms with van der Waals surface area (Å²) in [6.07, 6.45) is 4.28. The van der Waals surface area contributed by atoms with Gasteiger partial charge in [0, 0.05) is 31.0 Å². The lowest BCUT2D eigenvalue weighted by Crippen LogP contribution is -2.36. The highest BCUT2D eigenvalue weighted by Crippen LogP contribution is 2.29. The van der Waals surface area contributed by atoms with Crippen LogP contribution in [0.5, 0.6) is 5.75 Å². The number of sulfone groups is 1. The molecule has 168 valence electrons. The molecule has 1 aliphatic carbocycles. The summed E-state index contributed by atoms with van der Waals surface area (Å²) >= 11 is 0. The third kappa shape index (κ3) is 6.45. The van der Waals surface area contributed by atoms with Crippen molar-refractivity contribution in [2.24, 2.45) is 5.92 Å². The smallest absolute Gasteiger partial charge is 0.404 e. The van der Waals surface area contributed by atoms with Crippen molar-refractivity contribution >= 4 is 15.9 Å². The summed E-state index contributed by atoms with van der Waals surface area (Å²) in [7, 11) is -1.56. The average molecular weight is 447 g/mol. The summed E-state index contributed by atoms with van der Waals surface area (Å²) in [6, 6.07) is 13.3. The molecular formula is C23H30N2O5S. The van der Waals surface area contributed by atoms with Gasteiger partial charge in [0.2, 0.25) is 0 Å². The standard InChI is InChI=1S/C23H30N2O5S/c1-30-22-12-7-18(17-5-10-21(11-6-17)31(2,28)29)13-19(22)15-24-20-8-3-16(4-9-20)14-25-23(26)27/h5-7,10-13,16,20,24-25H,3-4,8-9,14-15H2,1-2H3,(H,26,27). The number of carboxylic acid groups (broad SMARTS) is 1. The molecule has 0 aromatic heterocycles. The fourth-order valence-corrected chi connectivity index (χ4v) is 4.68. The Labute approximate surface area is 183 Å². The maximum absolute atomic E-state index is 11.7. The monoisotopic (exact) mass is 446 g/mol. The van der Waals surface area contributed by atoms with Gasteiger partial charge in [0.1, 0.15) is 5.75 Å². The van der Waals surface area contributed by atoms with Gasteiger partial charge >= 0.3 is 6.09 Å². The van der Waals surface area contributed by atoms with Crippen LogP contribution in [0.3, 0.4) is 0 Å². The molecule has 0 spiro atoms. The first-order chi connectivity index (χ1) is 14.8. The van der Waals surface area contributed by atoms with Crippen molar-refractivity contribution in [3.63, 3.8) is 0 Å². The summed E-state index contributed by atoms with van der Waals surface area (Å²) in [5, 5.41) is 14.8. The largest absolute Gasteiger partial charge is 0.496 e. The lowest BCUT2D eigenvalue weighted by atomic mass is 9.86. The van der Waals surface area contributed by atoms with Gasteiger partial charge in [-0.25, -0.2) is 13.2 Å². The van der Waals surface area contributed by atoms with Gasteiger partial charge in [-0.1, -0.05) is 18.2 Å². The Morgan fingerprint density at radius 2 is 1.71 bits per heavy atom. The molecule has 2 aromatic carbocycles. The van der Waals surface area contributed by atoms with Crippen molar-refractivity contribution < 1.29 is 23.1 Å². The quantitative estimate of drug-likeness (QED) is 0.571. The molecule has 0 saturated heterocycles. The Kier molecular flexibility index (Phi) is 7.56. The van der Waals surface area contributed by atoms with E-state index in [9.17, 15) is 13.2 Å². The number of methoxy groups -OCH3 is 1. The van der Waals surface area contributed by atoms with Crippen molar-refractivity contribution in [3.05, 3.63) is 48.0 Å². The van der Waals surface area contributed by atoms with E-state index in [1.807, 2.05) is 24.3 Å². The van der Waals surface area contributed by atoms with Gasteiger partial charge < -0.3 is 20.5 Å². The first-order valence-electron chi connectivity index (χ1n) is 10.4. The van der Waals surface area contributed by atoms with E-state index < -0.39 is 15.9 Å². The van der Waals surface area contributed by atoms with Gasteiger partial charge in [-0.2, -0.15) is 0 Å². The molecule has 8 heteroatoms. The molecule has 0 aliphatic heterocycles. The van der Waals surface area contributed by atoms with Crippen LogP contribution in [-0.2, 0) is 16.4 Å². The normalized spacial score (nSPS) is 19.0. The Morgan fingerprint density at radius 3 is 2.29 bits per heavy atom. The van der Waals surface area contributed by atoms with Crippen LogP contribution in [0.2, 0.25) is 0 Å². The Hall–Kier alpha value is -2.58. The molecule has 0 radical (unpaired) electrons. The lowest BCUT2D eigenvalue weighted by Gasteiger charge is -2.29. The zero-order valence-corrected chi connectivity index (χ0v) is 18.7. The number of benzene rings is 2. The highest BCUT2D eigenvalue weighted by Gasteiger charge is 2.21. The van der Waals surface area contributed by atoms with Gasteiger partial charge in [-0.3, -0.25) is 0 Å². The number of hydrogen-bond donors (Lipinski definition) is 3. The van der Waals surface area contributed by atoms with Crippen LogP contribution in [0.25, 0.3) is 11.1 Å². The molecule has 3 rings (SSSR count). The molecule has 0 atom stereocenters. The van der Waals surface area contributed by atoms with Gasteiger partial charge in [0.25, 0.3) is 0 Å². The molecule has 0 heterocycles.